The molecule has 0 saturated carbocycles. The maximum Gasteiger partial charge on any atom is 0.260 e. The third-order valence-corrected chi connectivity index (χ3v) is 5.06. The van der Waals surface area contributed by atoms with E-state index in [1.807, 2.05) is 19.1 Å². The number of primary amides is 1. The van der Waals surface area contributed by atoms with Crippen LogP contribution in [0.4, 0.5) is 17.2 Å². The molecule has 0 spiro atoms. The van der Waals surface area contributed by atoms with E-state index in [1.165, 1.54) is 0 Å². The summed E-state index contributed by atoms with van der Waals surface area (Å²) in [6.45, 7) is 3.10. The normalized spacial score (nSPS) is 11.2. The Hall–Kier alpha value is -2.78. The van der Waals surface area contributed by atoms with Gasteiger partial charge in [0, 0.05) is 25.6 Å². The maximum atomic E-state index is 11.7. The molecule has 0 saturated heterocycles. The van der Waals surface area contributed by atoms with E-state index in [0.717, 1.165) is 23.5 Å². The second-order valence-electron chi connectivity index (χ2n) is 5.82. The number of methoxy groups -OCH3 is 1. The van der Waals surface area contributed by atoms with Crippen LogP contribution in [-0.4, -0.2) is 31.2 Å². The van der Waals surface area contributed by atoms with Crippen LogP contribution >= 0.6 is 11.3 Å². The Labute approximate surface area is 154 Å². The highest BCUT2D eigenvalue weighted by Crippen LogP contribution is 2.44. The molecule has 0 aliphatic heterocycles. The number of thiophene rings is 1. The first kappa shape index (κ1) is 18.0. The lowest BCUT2D eigenvalue weighted by Gasteiger charge is -2.13. The predicted molar refractivity (Wildman–Crippen MR) is 104 cm³/mol. The van der Waals surface area contributed by atoms with E-state index in [4.69, 9.17) is 26.4 Å². The molecule has 0 aliphatic carbocycles. The Morgan fingerprint density at radius 2 is 2.12 bits per heavy atom. The fraction of sp³-hybridized carbons (Fsp3) is 0.294. The molecule has 3 rings (SSSR count). The van der Waals surface area contributed by atoms with Crippen LogP contribution in [-0.2, 0) is 4.74 Å². The largest absolute Gasteiger partial charge is 0.461 e. The number of fused-ring (bicyclic) bond motifs is 1. The summed E-state index contributed by atoms with van der Waals surface area (Å²) >= 11 is 1.14. The SMILES string of the molecule is COCCCNc1nc2sc(C(N)=O)c(N)c2c(-c2ccc(C)o2)c1N. The van der Waals surface area contributed by atoms with E-state index in [2.05, 4.69) is 10.3 Å². The van der Waals surface area contributed by atoms with Crippen molar-refractivity contribution in [2.75, 3.05) is 37.0 Å². The summed E-state index contributed by atoms with van der Waals surface area (Å²) < 4.78 is 10.8. The molecule has 0 aromatic carbocycles. The number of anilines is 3. The molecule has 138 valence electrons. The number of nitrogen functional groups attached to an aromatic ring is 2. The monoisotopic (exact) mass is 375 g/mol. The van der Waals surface area contributed by atoms with Gasteiger partial charge in [-0.1, -0.05) is 0 Å². The van der Waals surface area contributed by atoms with Gasteiger partial charge in [-0.3, -0.25) is 4.79 Å². The number of amides is 1. The van der Waals surface area contributed by atoms with Crippen LogP contribution in [0.25, 0.3) is 21.5 Å². The van der Waals surface area contributed by atoms with Crippen molar-refractivity contribution in [3.8, 4) is 11.3 Å². The standard InChI is InChI=1S/C17H21N5O3S/c1-8-4-5-9(25-8)10-11-12(18)14(15(20)23)26-17(11)22-16(13(10)19)21-6-3-7-24-2/h4-5H,3,6-7,18-19H2,1-2H3,(H2,20,23)(H,21,22). The van der Waals surface area contributed by atoms with Crippen LogP contribution in [0.5, 0.6) is 0 Å². The van der Waals surface area contributed by atoms with Gasteiger partial charge in [-0.15, -0.1) is 11.3 Å². The quantitative estimate of drug-likeness (QED) is 0.465. The minimum Gasteiger partial charge on any atom is -0.461 e. The molecule has 3 aromatic heterocycles. The van der Waals surface area contributed by atoms with E-state index >= 15 is 0 Å². The van der Waals surface area contributed by atoms with Crippen LogP contribution in [0.2, 0.25) is 0 Å². The molecule has 3 heterocycles. The molecule has 0 fully saturated rings. The van der Waals surface area contributed by atoms with Gasteiger partial charge in [-0.2, -0.15) is 0 Å². The maximum absolute atomic E-state index is 11.7. The van der Waals surface area contributed by atoms with Gasteiger partial charge in [0.2, 0.25) is 0 Å². The zero-order valence-electron chi connectivity index (χ0n) is 14.6. The minimum atomic E-state index is -0.597. The highest BCUT2D eigenvalue weighted by molar-refractivity contribution is 7.21. The highest BCUT2D eigenvalue weighted by Gasteiger charge is 2.24. The van der Waals surface area contributed by atoms with E-state index in [9.17, 15) is 4.79 Å². The van der Waals surface area contributed by atoms with Crippen molar-refractivity contribution in [1.29, 1.82) is 0 Å². The molecular weight excluding hydrogens is 354 g/mol. The lowest BCUT2D eigenvalue weighted by molar-refractivity contribution is 0.100. The average Bonchev–Trinajstić information content (AvgIpc) is 3.16. The molecule has 0 atom stereocenters. The molecule has 0 radical (unpaired) electrons. The van der Waals surface area contributed by atoms with Gasteiger partial charge >= 0.3 is 0 Å². The number of furan rings is 1. The van der Waals surface area contributed by atoms with Gasteiger partial charge in [0.05, 0.1) is 16.9 Å². The van der Waals surface area contributed by atoms with Crippen LogP contribution in [0.3, 0.4) is 0 Å². The number of ether oxygens (including phenoxy) is 1. The molecule has 0 unspecified atom stereocenters. The number of nitrogens with zero attached hydrogens (tertiary/aromatic N) is 1. The summed E-state index contributed by atoms with van der Waals surface area (Å²) in [7, 11) is 1.65. The van der Waals surface area contributed by atoms with E-state index in [1.54, 1.807) is 7.11 Å². The Morgan fingerprint density at radius 3 is 2.73 bits per heavy atom. The first-order valence-electron chi connectivity index (χ1n) is 8.05. The number of nitrogens with two attached hydrogens (primary N) is 3. The van der Waals surface area contributed by atoms with Crippen molar-refractivity contribution in [1.82, 2.24) is 4.98 Å². The Morgan fingerprint density at radius 1 is 1.35 bits per heavy atom. The van der Waals surface area contributed by atoms with E-state index in [-0.39, 0.29) is 10.6 Å². The molecular formula is C17H21N5O3S. The summed E-state index contributed by atoms with van der Waals surface area (Å²) in [6, 6.07) is 3.65. The summed E-state index contributed by atoms with van der Waals surface area (Å²) in [4.78, 5) is 17.1. The van der Waals surface area contributed by atoms with Crippen LogP contribution in [0.1, 0.15) is 21.9 Å². The molecule has 8 nitrogen and oxygen atoms in total. The van der Waals surface area contributed by atoms with Gasteiger partial charge in [-0.25, -0.2) is 4.98 Å². The molecule has 0 aliphatic rings. The molecule has 7 N–H and O–H groups in total. The number of carbonyl (C=O) groups is 1. The molecule has 26 heavy (non-hydrogen) atoms. The molecule has 1 amide bonds. The number of hydrogen-bond acceptors (Lipinski definition) is 8. The second-order valence-corrected chi connectivity index (χ2v) is 6.82. The van der Waals surface area contributed by atoms with Crippen molar-refractivity contribution < 1.29 is 13.9 Å². The predicted octanol–water partition coefficient (Wildman–Crippen LogP) is 2.58. The van der Waals surface area contributed by atoms with Crippen LogP contribution in [0, 0.1) is 6.92 Å². The zero-order chi connectivity index (χ0) is 18.8. The minimum absolute atomic E-state index is 0.257. The van der Waals surface area contributed by atoms with E-state index < -0.39 is 5.91 Å². The lowest BCUT2D eigenvalue weighted by atomic mass is 10.1. The topological polar surface area (TPSA) is 142 Å². The van der Waals surface area contributed by atoms with Crippen molar-refractivity contribution in [3.05, 3.63) is 22.8 Å². The van der Waals surface area contributed by atoms with Crippen molar-refractivity contribution >= 4 is 44.7 Å². The van der Waals surface area contributed by atoms with Gasteiger partial charge in [-0.05, 0) is 25.5 Å². The highest BCUT2D eigenvalue weighted by atomic mass is 32.1. The summed E-state index contributed by atoms with van der Waals surface area (Å²) in [5.74, 6) is 1.21. The second kappa shape index (κ2) is 7.22. The van der Waals surface area contributed by atoms with Gasteiger partial charge in [0.25, 0.3) is 5.91 Å². The summed E-state index contributed by atoms with van der Waals surface area (Å²) in [5.41, 5.74) is 19.3. The molecule has 9 heteroatoms. The smallest absolute Gasteiger partial charge is 0.260 e. The zero-order valence-corrected chi connectivity index (χ0v) is 15.4. The number of aryl methyl sites for hydroxylation is 1. The number of hydrogen-bond donors (Lipinski definition) is 4. The third kappa shape index (κ3) is 3.18. The number of carbonyl (C=O) groups excluding carboxylic acids is 1. The lowest BCUT2D eigenvalue weighted by Crippen LogP contribution is -2.11. The van der Waals surface area contributed by atoms with Gasteiger partial charge < -0.3 is 31.7 Å². The van der Waals surface area contributed by atoms with Crippen molar-refractivity contribution in [3.63, 3.8) is 0 Å². The Kier molecular flexibility index (Phi) is 5.01. The fourth-order valence-corrected chi connectivity index (χ4v) is 3.69. The summed E-state index contributed by atoms with van der Waals surface area (Å²) in [5, 5.41) is 3.79. The summed E-state index contributed by atoms with van der Waals surface area (Å²) in [6.07, 6.45) is 0.796. The van der Waals surface area contributed by atoms with Gasteiger partial charge in [0.15, 0.2) is 5.82 Å². The van der Waals surface area contributed by atoms with Crippen molar-refractivity contribution in [2.24, 2.45) is 5.73 Å². The fourth-order valence-electron chi connectivity index (χ4n) is 2.73. The first-order chi connectivity index (χ1) is 12.4. The molecule has 0 bridgehead atoms. The number of aromatic nitrogens is 1. The first-order valence-corrected chi connectivity index (χ1v) is 8.86. The van der Waals surface area contributed by atoms with Crippen LogP contribution < -0.4 is 22.5 Å². The Balaban J connectivity index is 2.18. The average molecular weight is 375 g/mol. The molecule has 3 aromatic rings. The number of nitrogens with one attached hydrogen (secondary N) is 1. The van der Waals surface area contributed by atoms with Gasteiger partial charge in [0.1, 0.15) is 21.2 Å². The Bertz CT molecular complexity index is 963. The van der Waals surface area contributed by atoms with E-state index in [0.29, 0.717) is 46.2 Å². The van der Waals surface area contributed by atoms with Crippen LogP contribution in [0.15, 0.2) is 16.5 Å². The third-order valence-electron chi connectivity index (χ3n) is 3.94. The number of rotatable bonds is 7. The van der Waals surface area contributed by atoms with Crippen molar-refractivity contribution in [2.45, 2.75) is 13.3 Å². The number of pyridine rings is 1.